The number of nitro benzene ring substituents is 1. The van der Waals surface area contributed by atoms with Crippen molar-refractivity contribution in [3.8, 4) is 0 Å². The van der Waals surface area contributed by atoms with Gasteiger partial charge in [0, 0.05) is 12.1 Å². The summed E-state index contributed by atoms with van der Waals surface area (Å²) in [5.41, 5.74) is 3.59. The second-order valence-corrected chi connectivity index (χ2v) is 5.06. The van der Waals surface area contributed by atoms with Crippen molar-refractivity contribution < 1.29 is 19.2 Å². The molecule has 9 heteroatoms. The molecule has 2 aromatic rings. The van der Waals surface area contributed by atoms with Crippen LogP contribution in [-0.2, 0) is 16.1 Å². The van der Waals surface area contributed by atoms with Crippen molar-refractivity contribution in [1.29, 1.82) is 0 Å². The van der Waals surface area contributed by atoms with E-state index in [2.05, 4.69) is 15.8 Å². The lowest BCUT2D eigenvalue weighted by Crippen LogP contribution is -2.35. The molecule has 0 radical (unpaired) electrons. The van der Waals surface area contributed by atoms with Gasteiger partial charge in [0.2, 0.25) is 0 Å². The summed E-state index contributed by atoms with van der Waals surface area (Å²) in [7, 11) is 0. The highest BCUT2D eigenvalue weighted by Crippen LogP contribution is 2.10. The van der Waals surface area contributed by atoms with Crippen molar-refractivity contribution in [2.75, 3.05) is 6.54 Å². The van der Waals surface area contributed by atoms with Crippen molar-refractivity contribution in [3.05, 3.63) is 75.8 Å². The zero-order chi connectivity index (χ0) is 18.8. The Hall–Kier alpha value is -3.75. The largest absolute Gasteiger partial charge is 0.445 e. The number of carbonyl (C=O) groups is 2. The lowest BCUT2D eigenvalue weighted by Gasteiger charge is -2.06. The Balaban J connectivity index is 1.68. The highest BCUT2D eigenvalue weighted by Gasteiger charge is 2.06. The molecule has 0 aliphatic rings. The monoisotopic (exact) mass is 356 g/mol. The molecule has 0 atom stereocenters. The molecule has 2 aromatic carbocycles. The number of hydrogen-bond donors (Lipinski definition) is 2. The molecule has 0 saturated heterocycles. The molecule has 2 N–H and O–H groups in total. The molecule has 0 aromatic heterocycles. The number of hydrazone groups is 1. The Morgan fingerprint density at radius 3 is 2.46 bits per heavy atom. The van der Waals surface area contributed by atoms with Gasteiger partial charge in [-0.05, 0) is 23.3 Å². The number of amides is 2. The van der Waals surface area contributed by atoms with Crippen molar-refractivity contribution in [2.45, 2.75) is 6.61 Å². The Bertz CT molecular complexity index is 791. The number of ether oxygens (including phenoxy) is 1. The van der Waals surface area contributed by atoms with Crippen LogP contribution in [0.2, 0.25) is 0 Å². The topological polar surface area (TPSA) is 123 Å². The molecule has 0 aliphatic heterocycles. The van der Waals surface area contributed by atoms with E-state index in [-0.39, 0.29) is 18.8 Å². The average Bonchev–Trinajstić information content (AvgIpc) is 2.66. The van der Waals surface area contributed by atoms with E-state index in [0.717, 1.165) is 5.56 Å². The maximum Gasteiger partial charge on any atom is 0.407 e. The number of alkyl carbamates (subject to hydrolysis) is 1. The van der Waals surface area contributed by atoms with E-state index in [4.69, 9.17) is 4.74 Å². The molecule has 2 rings (SSSR count). The lowest BCUT2D eigenvalue weighted by atomic mass is 10.2. The van der Waals surface area contributed by atoms with Gasteiger partial charge >= 0.3 is 6.09 Å². The normalized spacial score (nSPS) is 10.3. The summed E-state index contributed by atoms with van der Waals surface area (Å²) in [6.45, 7) is -0.197. The standard InChI is InChI=1S/C17H16N4O5/c22-16(11-18-17(23)26-12-14-4-2-1-3-5-14)20-19-10-13-6-8-15(9-7-13)21(24)25/h1-10H,11-12H2,(H,18,23)(H,20,22)/b19-10+. The van der Waals surface area contributed by atoms with Crippen LogP contribution >= 0.6 is 0 Å². The third-order valence-electron chi connectivity index (χ3n) is 3.11. The minimum absolute atomic E-state index is 0.0376. The number of benzene rings is 2. The first-order valence-electron chi connectivity index (χ1n) is 7.55. The van der Waals surface area contributed by atoms with Gasteiger partial charge in [0.1, 0.15) is 13.2 Å². The Labute approximate surface area is 148 Å². The molecule has 0 fully saturated rings. The minimum Gasteiger partial charge on any atom is -0.445 e. The van der Waals surface area contributed by atoms with Crippen LogP contribution in [-0.4, -0.2) is 29.7 Å². The molecule has 0 heterocycles. The van der Waals surface area contributed by atoms with Gasteiger partial charge < -0.3 is 10.1 Å². The number of carbonyl (C=O) groups excluding carboxylic acids is 2. The van der Waals surface area contributed by atoms with Crippen molar-refractivity contribution in [3.63, 3.8) is 0 Å². The SMILES string of the molecule is O=C(CNC(=O)OCc1ccccc1)N/N=C/c1ccc([N+](=O)[O-])cc1. The van der Waals surface area contributed by atoms with Crippen LogP contribution in [0.4, 0.5) is 10.5 Å². The van der Waals surface area contributed by atoms with E-state index in [0.29, 0.717) is 5.56 Å². The van der Waals surface area contributed by atoms with E-state index in [1.807, 2.05) is 30.3 Å². The third kappa shape index (κ3) is 6.40. The fourth-order valence-corrected chi connectivity index (χ4v) is 1.83. The van der Waals surface area contributed by atoms with Crippen LogP contribution in [0.25, 0.3) is 0 Å². The van der Waals surface area contributed by atoms with Crippen LogP contribution in [0.3, 0.4) is 0 Å². The van der Waals surface area contributed by atoms with Gasteiger partial charge in [0.25, 0.3) is 11.6 Å². The summed E-state index contributed by atoms with van der Waals surface area (Å²) in [5, 5.41) is 16.5. The smallest absolute Gasteiger partial charge is 0.407 e. The van der Waals surface area contributed by atoms with E-state index < -0.39 is 16.9 Å². The Morgan fingerprint density at radius 1 is 1.12 bits per heavy atom. The van der Waals surface area contributed by atoms with E-state index in [1.54, 1.807) is 0 Å². The highest BCUT2D eigenvalue weighted by molar-refractivity contribution is 5.84. The van der Waals surface area contributed by atoms with E-state index in [9.17, 15) is 19.7 Å². The predicted octanol–water partition coefficient (Wildman–Crippen LogP) is 1.97. The molecule has 134 valence electrons. The summed E-state index contributed by atoms with van der Waals surface area (Å²) in [6, 6.07) is 14.8. The van der Waals surface area contributed by atoms with Gasteiger partial charge in [0.15, 0.2) is 0 Å². The number of rotatable bonds is 7. The van der Waals surface area contributed by atoms with Gasteiger partial charge in [-0.25, -0.2) is 10.2 Å². The molecule has 0 spiro atoms. The summed E-state index contributed by atoms with van der Waals surface area (Å²) < 4.78 is 4.96. The van der Waals surface area contributed by atoms with Gasteiger partial charge in [0.05, 0.1) is 11.1 Å². The lowest BCUT2D eigenvalue weighted by molar-refractivity contribution is -0.384. The molecular formula is C17H16N4O5. The van der Waals surface area contributed by atoms with E-state index >= 15 is 0 Å². The molecular weight excluding hydrogens is 340 g/mol. The Morgan fingerprint density at radius 2 is 1.81 bits per heavy atom. The summed E-state index contributed by atoms with van der Waals surface area (Å²) in [4.78, 5) is 33.1. The molecule has 0 saturated carbocycles. The summed E-state index contributed by atoms with van der Waals surface area (Å²) in [6.07, 6.45) is 0.610. The molecule has 26 heavy (non-hydrogen) atoms. The number of nitro groups is 1. The molecule has 0 unspecified atom stereocenters. The number of non-ortho nitro benzene ring substituents is 1. The fraction of sp³-hybridized carbons (Fsp3) is 0.118. The third-order valence-corrected chi connectivity index (χ3v) is 3.11. The quantitative estimate of drug-likeness (QED) is 0.446. The van der Waals surface area contributed by atoms with Crippen molar-refractivity contribution in [1.82, 2.24) is 10.7 Å². The van der Waals surface area contributed by atoms with Crippen LogP contribution in [0.15, 0.2) is 59.7 Å². The van der Waals surface area contributed by atoms with Crippen molar-refractivity contribution >= 4 is 23.9 Å². The highest BCUT2D eigenvalue weighted by atomic mass is 16.6. The molecule has 0 bridgehead atoms. The van der Waals surface area contributed by atoms with Gasteiger partial charge in [-0.1, -0.05) is 30.3 Å². The summed E-state index contributed by atoms with van der Waals surface area (Å²) in [5.74, 6) is -0.542. The van der Waals surface area contributed by atoms with Gasteiger partial charge in [-0.2, -0.15) is 5.10 Å². The van der Waals surface area contributed by atoms with Crippen LogP contribution in [0.5, 0.6) is 0 Å². The minimum atomic E-state index is -0.719. The molecule has 0 aliphatic carbocycles. The van der Waals surface area contributed by atoms with Crippen LogP contribution < -0.4 is 10.7 Å². The number of nitrogens with zero attached hydrogens (tertiary/aromatic N) is 2. The van der Waals surface area contributed by atoms with Crippen LogP contribution in [0.1, 0.15) is 11.1 Å². The van der Waals surface area contributed by atoms with Gasteiger partial charge in [-0.3, -0.25) is 14.9 Å². The Kier molecular flexibility index (Phi) is 6.81. The van der Waals surface area contributed by atoms with Gasteiger partial charge in [-0.15, -0.1) is 0 Å². The summed E-state index contributed by atoms with van der Waals surface area (Å²) >= 11 is 0. The molecule has 9 nitrogen and oxygen atoms in total. The first kappa shape index (κ1) is 18.6. The maximum atomic E-state index is 11.6. The second kappa shape index (κ2) is 9.52. The second-order valence-electron chi connectivity index (χ2n) is 5.06. The zero-order valence-corrected chi connectivity index (χ0v) is 13.6. The maximum absolute atomic E-state index is 11.6. The first-order valence-corrected chi connectivity index (χ1v) is 7.55. The number of nitrogens with one attached hydrogen (secondary N) is 2. The number of hydrogen-bond acceptors (Lipinski definition) is 6. The van der Waals surface area contributed by atoms with Crippen LogP contribution in [0, 0.1) is 10.1 Å². The molecule has 2 amide bonds. The predicted molar refractivity (Wildman–Crippen MR) is 93.5 cm³/mol. The average molecular weight is 356 g/mol. The van der Waals surface area contributed by atoms with E-state index in [1.165, 1.54) is 30.5 Å². The zero-order valence-electron chi connectivity index (χ0n) is 13.6. The first-order chi connectivity index (χ1) is 12.5. The fourth-order valence-electron chi connectivity index (χ4n) is 1.83. The van der Waals surface area contributed by atoms with Crippen molar-refractivity contribution in [2.24, 2.45) is 5.10 Å².